The second-order valence-corrected chi connectivity index (χ2v) is 2.70. The average molecular weight is 141 g/mol. The Morgan fingerprint density at radius 3 is 2.78 bits per heavy atom. The standard InChI is InChI=1S/C8H9Cl/c1-6-4-3-5-7(2)8(6)9/h4-6H,1-2H3. The Morgan fingerprint density at radius 2 is 2.33 bits per heavy atom. The van der Waals surface area contributed by atoms with Gasteiger partial charge in [0.2, 0.25) is 0 Å². The summed E-state index contributed by atoms with van der Waals surface area (Å²) in [6.45, 7) is 4.06. The zero-order chi connectivity index (χ0) is 6.85. The summed E-state index contributed by atoms with van der Waals surface area (Å²) in [7, 11) is 0. The Kier molecular flexibility index (Phi) is 1.80. The monoisotopic (exact) mass is 140 g/mol. The van der Waals surface area contributed by atoms with Gasteiger partial charge in [-0.05, 0) is 24.6 Å². The van der Waals surface area contributed by atoms with Crippen molar-refractivity contribution in [2.75, 3.05) is 0 Å². The van der Waals surface area contributed by atoms with Gasteiger partial charge < -0.3 is 0 Å². The minimum atomic E-state index is 0.358. The van der Waals surface area contributed by atoms with Crippen LogP contribution in [0.4, 0.5) is 0 Å². The smallest absolute Gasteiger partial charge is 0.0288 e. The molecule has 1 aliphatic rings. The fourth-order valence-corrected chi connectivity index (χ4v) is 0.936. The molecular weight excluding hydrogens is 132 g/mol. The van der Waals surface area contributed by atoms with E-state index in [9.17, 15) is 0 Å². The van der Waals surface area contributed by atoms with Crippen molar-refractivity contribution in [2.45, 2.75) is 13.8 Å². The maximum absolute atomic E-state index is 5.89. The van der Waals surface area contributed by atoms with Gasteiger partial charge in [-0.3, -0.25) is 0 Å². The Hall–Kier alpha value is -0.450. The van der Waals surface area contributed by atoms with Crippen LogP contribution in [0.25, 0.3) is 0 Å². The van der Waals surface area contributed by atoms with Gasteiger partial charge in [-0.1, -0.05) is 18.5 Å². The van der Waals surface area contributed by atoms with Crippen LogP contribution in [0.3, 0.4) is 0 Å². The summed E-state index contributed by atoms with van der Waals surface area (Å²) in [6.07, 6.45) is 3.87. The number of halogens is 1. The summed E-state index contributed by atoms with van der Waals surface area (Å²) in [5.74, 6) is 0.358. The zero-order valence-corrected chi connectivity index (χ0v) is 6.37. The molecule has 1 atom stereocenters. The lowest BCUT2D eigenvalue weighted by Crippen LogP contribution is -1.93. The summed E-state index contributed by atoms with van der Waals surface area (Å²) in [5.41, 5.74) is 4.15. The van der Waals surface area contributed by atoms with E-state index in [1.807, 2.05) is 19.1 Å². The van der Waals surface area contributed by atoms with Crippen molar-refractivity contribution in [1.82, 2.24) is 0 Å². The summed E-state index contributed by atoms with van der Waals surface area (Å²) in [6, 6.07) is 0. The molecule has 1 heteroatoms. The molecule has 48 valence electrons. The van der Waals surface area contributed by atoms with Crippen molar-refractivity contribution in [1.29, 1.82) is 0 Å². The lowest BCUT2D eigenvalue weighted by Gasteiger charge is -2.07. The first-order valence-corrected chi connectivity index (χ1v) is 3.38. The summed E-state index contributed by atoms with van der Waals surface area (Å²) >= 11 is 5.89. The van der Waals surface area contributed by atoms with Gasteiger partial charge in [0.15, 0.2) is 0 Å². The SMILES string of the molecule is CC1=C(Cl)C(C)C=C=C1. The van der Waals surface area contributed by atoms with E-state index in [2.05, 4.69) is 12.7 Å². The molecule has 1 unspecified atom stereocenters. The van der Waals surface area contributed by atoms with Gasteiger partial charge in [0.05, 0.1) is 0 Å². The predicted molar refractivity (Wildman–Crippen MR) is 40.4 cm³/mol. The van der Waals surface area contributed by atoms with Crippen LogP contribution >= 0.6 is 11.6 Å². The first kappa shape index (κ1) is 6.67. The molecule has 1 rings (SSSR count). The molecule has 0 saturated carbocycles. The first-order valence-electron chi connectivity index (χ1n) is 3.00. The van der Waals surface area contributed by atoms with Crippen molar-refractivity contribution in [2.24, 2.45) is 5.92 Å². The van der Waals surface area contributed by atoms with Gasteiger partial charge in [-0.15, -0.1) is 5.73 Å². The van der Waals surface area contributed by atoms with Crippen LogP contribution in [0.1, 0.15) is 13.8 Å². The van der Waals surface area contributed by atoms with Crippen molar-refractivity contribution in [3.8, 4) is 0 Å². The van der Waals surface area contributed by atoms with E-state index in [0.29, 0.717) is 5.92 Å². The Bertz CT molecular complexity index is 205. The molecular formula is C8H9Cl. The molecule has 1 aliphatic carbocycles. The highest BCUT2D eigenvalue weighted by atomic mass is 35.5. The molecule has 0 saturated heterocycles. The third kappa shape index (κ3) is 1.27. The van der Waals surface area contributed by atoms with Gasteiger partial charge in [0.1, 0.15) is 0 Å². The summed E-state index contributed by atoms with van der Waals surface area (Å²) in [4.78, 5) is 0. The maximum atomic E-state index is 5.89. The molecule has 0 radical (unpaired) electrons. The number of allylic oxidation sites excluding steroid dienone is 3. The molecule has 0 fully saturated rings. The highest BCUT2D eigenvalue weighted by Crippen LogP contribution is 2.23. The lowest BCUT2D eigenvalue weighted by molar-refractivity contribution is 0.902. The van der Waals surface area contributed by atoms with Crippen molar-refractivity contribution in [3.05, 3.63) is 28.5 Å². The van der Waals surface area contributed by atoms with E-state index >= 15 is 0 Å². The second-order valence-electron chi connectivity index (χ2n) is 2.30. The van der Waals surface area contributed by atoms with Crippen LogP contribution in [0.15, 0.2) is 28.5 Å². The van der Waals surface area contributed by atoms with Crippen molar-refractivity contribution < 1.29 is 0 Å². The average Bonchev–Trinajstić information content (AvgIpc) is 1.83. The van der Waals surface area contributed by atoms with Gasteiger partial charge in [-0.25, -0.2) is 0 Å². The number of hydrogen-bond donors (Lipinski definition) is 0. The second kappa shape index (κ2) is 2.43. The molecule has 0 aliphatic heterocycles. The van der Waals surface area contributed by atoms with E-state index in [-0.39, 0.29) is 0 Å². The highest BCUT2D eigenvalue weighted by Gasteiger charge is 2.06. The zero-order valence-electron chi connectivity index (χ0n) is 5.61. The van der Waals surface area contributed by atoms with Gasteiger partial charge in [0, 0.05) is 11.0 Å². The van der Waals surface area contributed by atoms with E-state index in [1.165, 1.54) is 0 Å². The minimum Gasteiger partial charge on any atom is -0.124 e. The van der Waals surface area contributed by atoms with Gasteiger partial charge in [-0.2, -0.15) is 0 Å². The van der Waals surface area contributed by atoms with Crippen molar-refractivity contribution >= 4 is 11.6 Å². The Labute approximate surface area is 60.5 Å². The molecule has 0 aromatic rings. The van der Waals surface area contributed by atoms with E-state index in [4.69, 9.17) is 11.6 Å². The van der Waals surface area contributed by atoms with Crippen LogP contribution in [0.5, 0.6) is 0 Å². The Balaban J connectivity index is 3.01. The largest absolute Gasteiger partial charge is 0.124 e. The molecule has 0 amide bonds. The van der Waals surface area contributed by atoms with E-state index in [0.717, 1.165) is 10.6 Å². The van der Waals surface area contributed by atoms with Gasteiger partial charge >= 0.3 is 0 Å². The molecule has 0 heterocycles. The highest BCUT2D eigenvalue weighted by molar-refractivity contribution is 6.30. The number of rotatable bonds is 0. The minimum absolute atomic E-state index is 0.358. The fourth-order valence-electron chi connectivity index (χ4n) is 0.819. The third-order valence-electron chi connectivity index (χ3n) is 1.42. The maximum Gasteiger partial charge on any atom is 0.0288 e. The quantitative estimate of drug-likeness (QED) is 0.454. The normalized spacial score (nSPS) is 25.4. The summed E-state index contributed by atoms with van der Waals surface area (Å²) < 4.78 is 0. The molecule has 9 heavy (non-hydrogen) atoms. The van der Waals surface area contributed by atoms with Crippen LogP contribution in [0.2, 0.25) is 0 Å². The van der Waals surface area contributed by atoms with Crippen LogP contribution in [0, 0.1) is 5.92 Å². The number of hydrogen-bond acceptors (Lipinski definition) is 0. The molecule has 0 bridgehead atoms. The van der Waals surface area contributed by atoms with Crippen molar-refractivity contribution in [3.63, 3.8) is 0 Å². The topological polar surface area (TPSA) is 0 Å². The summed E-state index contributed by atoms with van der Waals surface area (Å²) in [5, 5.41) is 0.939. The first-order chi connectivity index (χ1) is 4.22. The molecule has 0 spiro atoms. The van der Waals surface area contributed by atoms with E-state index in [1.54, 1.807) is 0 Å². The predicted octanol–water partition coefficient (Wildman–Crippen LogP) is 2.86. The Morgan fingerprint density at radius 1 is 1.67 bits per heavy atom. The van der Waals surface area contributed by atoms with Gasteiger partial charge in [0.25, 0.3) is 0 Å². The van der Waals surface area contributed by atoms with E-state index < -0.39 is 0 Å². The fraction of sp³-hybridized carbons (Fsp3) is 0.375. The van der Waals surface area contributed by atoms with Crippen LogP contribution in [-0.4, -0.2) is 0 Å². The molecule has 0 N–H and O–H groups in total. The molecule has 0 nitrogen and oxygen atoms in total. The van der Waals surface area contributed by atoms with Crippen LogP contribution < -0.4 is 0 Å². The third-order valence-corrected chi connectivity index (χ3v) is 2.06. The lowest BCUT2D eigenvalue weighted by atomic mass is 10.0. The van der Waals surface area contributed by atoms with Crippen LogP contribution in [-0.2, 0) is 0 Å². The molecule has 0 aromatic carbocycles. The molecule has 0 aromatic heterocycles.